The van der Waals surface area contributed by atoms with Crippen LogP contribution < -0.4 is 9.47 Å². The number of rotatable bonds is 8. The fourth-order valence-electron chi connectivity index (χ4n) is 4.07. The van der Waals surface area contributed by atoms with Crippen molar-refractivity contribution in [3.05, 3.63) is 59.7 Å². The van der Waals surface area contributed by atoms with Crippen LogP contribution in [-0.2, 0) is 22.7 Å². The maximum Gasteiger partial charge on any atom is 0.247 e. The number of hydrogen-bond donors (Lipinski definition) is 0. The summed E-state index contributed by atoms with van der Waals surface area (Å²) in [6.07, 6.45) is -0.0509. The Balaban J connectivity index is 1.91. The highest BCUT2D eigenvalue weighted by atomic mass is 16.5. The molecule has 1 aliphatic heterocycles. The van der Waals surface area contributed by atoms with E-state index in [0.29, 0.717) is 12.3 Å². The van der Waals surface area contributed by atoms with Crippen molar-refractivity contribution in [1.82, 2.24) is 9.80 Å². The van der Waals surface area contributed by atoms with Gasteiger partial charge < -0.3 is 19.3 Å². The molecule has 1 fully saturated rings. The Morgan fingerprint density at radius 3 is 1.72 bits per heavy atom. The lowest BCUT2D eigenvalue weighted by Gasteiger charge is -2.46. The predicted octanol–water partition coefficient (Wildman–Crippen LogP) is 3.38. The average molecular weight is 436 g/mol. The first-order valence-corrected chi connectivity index (χ1v) is 10.6. The zero-order valence-corrected chi connectivity index (χ0v) is 18.9. The van der Waals surface area contributed by atoms with Crippen LogP contribution in [-0.4, -0.2) is 47.9 Å². The molecule has 0 N–H and O–H groups in total. The molecule has 0 saturated carbocycles. The van der Waals surface area contributed by atoms with Crippen molar-refractivity contribution in [3.63, 3.8) is 0 Å². The number of methoxy groups -OCH3 is 2. The Bertz CT molecular complexity index is 980. The smallest absolute Gasteiger partial charge is 0.247 e. The summed E-state index contributed by atoms with van der Waals surface area (Å²) in [6, 6.07) is 15.5. The van der Waals surface area contributed by atoms with Crippen molar-refractivity contribution in [2.45, 2.75) is 45.4 Å². The monoisotopic (exact) mass is 435 g/mol. The zero-order chi connectivity index (χ0) is 23.3. The molecule has 0 bridgehead atoms. The molecule has 32 heavy (non-hydrogen) atoms. The Morgan fingerprint density at radius 2 is 1.31 bits per heavy atom. The van der Waals surface area contributed by atoms with E-state index in [1.54, 1.807) is 24.0 Å². The molecule has 2 aromatic carbocycles. The van der Waals surface area contributed by atoms with E-state index >= 15 is 0 Å². The number of nitriles is 1. The predicted molar refractivity (Wildman–Crippen MR) is 120 cm³/mol. The molecular weight excluding hydrogens is 406 g/mol. The molecule has 3 rings (SSSR count). The minimum atomic E-state index is -0.817. The zero-order valence-electron chi connectivity index (χ0n) is 18.9. The van der Waals surface area contributed by atoms with Crippen molar-refractivity contribution in [2.75, 3.05) is 14.2 Å². The van der Waals surface area contributed by atoms with Gasteiger partial charge in [-0.05, 0) is 41.3 Å². The molecule has 7 heteroatoms. The van der Waals surface area contributed by atoms with Gasteiger partial charge in [-0.2, -0.15) is 5.26 Å². The van der Waals surface area contributed by atoms with Crippen molar-refractivity contribution in [2.24, 2.45) is 5.92 Å². The van der Waals surface area contributed by atoms with E-state index in [1.165, 1.54) is 0 Å². The Hall–Kier alpha value is -3.53. The van der Waals surface area contributed by atoms with Gasteiger partial charge in [-0.1, -0.05) is 38.1 Å². The summed E-state index contributed by atoms with van der Waals surface area (Å²) in [5.74, 6) is 1.03. The Morgan fingerprint density at radius 1 is 0.844 bits per heavy atom. The van der Waals surface area contributed by atoms with Crippen LogP contribution in [0.5, 0.6) is 11.5 Å². The summed E-state index contributed by atoms with van der Waals surface area (Å²) in [5.41, 5.74) is 1.78. The van der Waals surface area contributed by atoms with Gasteiger partial charge in [0.15, 0.2) is 0 Å². The first kappa shape index (κ1) is 23.1. The van der Waals surface area contributed by atoms with E-state index in [1.807, 2.05) is 62.4 Å². The van der Waals surface area contributed by atoms with E-state index in [2.05, 4.69) is 6.07 Å². The van der Waals surface area contributed by atoms with Gasteiger partial charge >= 0.3 is 0 Å². The summed E-state index contributed by atoms with van der Waals surface area (Å²) < 4.78 is 10.4. The molecule has 1 saturated heterocycles. The number of piperazine rings is 1. The summed E-state index contributed by atoms with van der Waals surface area (Å²) in [5, 5.41) is 9.39. The molecule has 0 spiro atoms. The van der Waals surface area contributed by atoms with Crippen LogP contribution >= 0.6 is 0 Å². The third kappa shape index (κ3) is 4.86. The summed E-state index contributed by atoms with van der Waals surface area (Å²) in [7, 11) is 3.19. The molecule has 2 atom stereocenters. The number of hydrogen-bond acceptors (Lipinski definition) is 5. The molecule has 1 heterocycles. The van der Waals surface area contributed by atoms with Crippen LogP contribution in [0.4, 0.5) is 0 Å². The molecule has 0 aromatic heterocycles. The van der Waals surface area contributed by atoms with Crippen LogP contribution in [0.15, 0.2) is 48.5 Å². The first-order valence-electron chi connectivity index (χ1n) is 10.6. The lowest BCUT2D eigenvalue weighted by Crippen LogP contribution is -2.65. The molecule has 0 radical (unpaired) electrons. The number of nitrogens with zero attached hydrogens (tertiary/aromatic N) is 3. The fraction of sp³-hybridized carbons (Fsp3) is 0.400. The minimum Gasteiger partial charge on any atom is -0.497 e. The SMILES string of the molecule is COc1ccc(CN2C(=O)[C@H](CC#N)N(Cc3ccc(OC)cc3)C(=O)[C@@H]2C(C)C)cc1. The van der Waals surface area contributed by atoms with E-state index in [-0.39, 0.29) is 30.7 Å². The Labute approximate surface area is 189 Å². The van der Waals surface area contributed by atoms with E-state index in [0.717, 1.165) is 16.9 Å². The molecule has 168 valence electrons. The Kier molecular flexibility index (Phi) is 7.37. The largest absolute Gasteiger partial charge is 0.497 e. The van der Waals surface area contributed by atoms with Crippen LogP contribution in [0.25, 0.3) is 0 Å². The van der Waals surface area contributed by atoms with Crippen LogP contribution in [0.1, 0.15) is 31.4 Å². The van der Waals surface area contributed by atoms with Crippen molar-refractivity contribution >= 4 is 11.8 Å². The topological polar surface area (TPSA) is 82.9 Å². The molecule has 7 nitrogen and oxygen atoms in total. The van der Waals surface area contributed by atoms with Gasteiger partial charge in [-0.3, -0.25) is 9.59 Å². The summed E-state index contributed by atoms with van der Waals surface area (Å²) in [6.45, 7) is 4.44. The fourth-order valence-corrected chi connectivity index (χ4v) is 4.07. The number of benzene rings is 2. The molecule has 2 amide bonds. The van der Waals surface area contributed by atoms with E-state index in [4.69, 9.17) is 9.47 Å². The third-order valence-electron chi connectivity index (χ3n) is 5.76. The van der Waals surface area contributed by atoms with Crippen molar-refractivity contribution < 1.29 is 19.1 Å². The van der Waals surface area contributed by atoms with Gasteiger partial charge in [0.2, 0.25) is 11.8 Å². The maximum absolute atomic E-state index is 13.6. The van der Waals surface area contributed by atoms with Gasteiger partial charge in [-0.15, -0.1) is 0 Å². The maximum atomic E-state index is 13.6. The first-order chi connectivity index (χ1) is 15.4. The third-order valence-corrected chi connectivity index (χ3v) is 5.76. The van der Waals surface area contributed by atoms with Gasteiger partial charge in [0, 0.05) is 13.1 Å². The van der Waals surface area contributed by atoms with Crippen LogP contribution in [0.3, 0.4) is 0 Å². The lowest BCUT2D eigenvalue weighted by atomic mass is 9.93. The van der Waals surface area contributed by atoms with Crippen LogP contribution in [0.2, 0.25) is 0 Å². The average Bonchev–Trinajstić information content (AvgIpc) is 2.80. The molecule has 0 aliphatic carbocycles. The van der Waals surface area contributed by atoms with Crippen molar-refractivity contribution in [1.29, 1.82) is 5.26 Å². The molecule has 2 aromatic rings. The number of amides is 2. The number of ether oxygens (including phenoxy) is 2. The highest BCUT2D eigenvalue weighted by Crippen LogP contribution is 2.29. The molecular formula is C25H29N3O4. The minimum absolute atomic E-state index is 0.0509. The highest BCUT2D eigenvalue weighted by Gasteiger charge is 2.46. The second-order valence-corrected chi connectivity index (χ2v) is 8.20. The van der Waals surface area contributed by atoms with Gasteiger partial charge in [0.05, 0.1) is 26.7 Å². The van der Waals surface area contributed by atoms with E-state index < -0.39 is 12.1 Å². The highest BCUT2D eigenvalue weighted by molar-refractivity contribution is 5.97. The number of carbonyl (C=O) groups excluding carboxylic acids is 2. The lowest BCUT2D eigenvalue weighted by molar-refractivity contribution is -0.165. The second kappa shape index (κ2) is 10.2. The van der Waals surface area contributed by atoms with Gasteiger partial charge in [0.25, 0.3) is 0 Å². The summed E-state index contributed by atoms with van der Waals surface area (Å²) >= 11 is 0. The second-order valence-electron chi connectivity index (χ2n) is 8.20. The van der Waals surface area contributed by atoms with E-state index in [9.17, 15) is 14.9 Å². The van der Waals surface area contributed by atoms with Gasteiger partial charge in [0.1, 0.15) is 23.6 Å². The number of carbonyl (C=O) groups is 2. The quantitative estimate of drug-likeness (QED) is 0.635. The van der Waals surface area contributed by atoms with Gasteiger partial charge in [-0.25, -0.2) is 0 Å². The molecule has 1 aliphatic rings. The van der Waals surface area contributed by atoms with Crippen molar-refractivity contribution in [3.8, 4) is 17.6 Å². The standard InChI is InChI=1S/C25H29N3O4/c1-17(2)23-25(30)27(15-18-5-9-20(31-3)10-6-18)22(13-14-26)24(29)28(23)16-19-7-11-21(32-4)12-8-19/h5-12,17,22-23H,13,15-16H2,1-4H3/t22-,23-/m0/s1. The normalized spacial score (nSPS) is 18.6. The molecule has 0 unspecified atom stereocenters. The summed E-state index contributed by atoms with van der Waals surface area (Å²) in [4.78, 5) is 30.3. The van der Waals surface area contributed by atoms with Crippen LogP contribution in [0, 0.1) is 17.2 Å².